The highest BCUT2D eigenvalue weighted by Gasteiger charge is 2.17. The van der Waals surface area contributed by atoms with E-state index < -0.39 is 4.92 Å². The van der Waals surface area contributed by atoms with Gasteiger partial charge in [0.25, 0.3) is 11.6 Å². The van der Waals surface area contributed by atoms with Crippen LogP contribution in [0.4, 0.5) is 11.4 Å². The van der Waals surface area contributed by atoms with E-state index in [0.717, 1.165) is 17.7 Å². The molecular formula is C17H17BrN2O3. The molecule has 1 N–H and O–H groups in total. The lowest BCUT2D eigenvalue weighted by molar-refractivity contribution is -0.384. The zero-order valence-corrected chi connectivity index (χ0v) is 14.5. The zero-order valence-electron chi connectivity index (χ0n) is 12.9. The number of anilines is 1. The molecule has 0 fully saturated rings. The standard InChI is InChI=1S/C17H17BrN2O3/c1-3-11(2)13-6-4-5-7-16(13)19-17(21)14-10-12(20(22)23)8-9-15(14)18/h4-11H,3H2,1-2H3,(H,19,21)/t11-/m0/s1. The van der Waals surface area contributed by atoms with Gasteiger partial charge in [-0.1, -0.05) is 32.0 Å². The van der Waals surface area contributed by atoms with E-state index >= 15 is 0 Å². The summed E-state index contributed by atoms with van der Waals surface area (Å²) < 4.78 is 0.515. The van der Waals surface area contributed by atoms with Gasteiger partial charge in [-0.2, -0.15) is 0 Å². The number of nitro benzene ring substituents is 1. The Morgan fingerprint density at radius 1 is 1.30 bits per heavy atom. The van der Waals surface area contributed by atoms with Crippen molar-refractivity contribution >= 4 is 33.2 Å². The second-order valence-corrected chi connectivity index (χ2v) is 6.13. The van der Waals surface area contributed by atoms with Crippen LogP contribution in [-0.2, 0) is 0 Å². The van der Waals surface area contributed by atoms with Crippen LogP contribution in [0.15, 0.2) is 46.9 Å². The smallest absolute Gasteiger partial charge is 0.270 e. The normalized spacial score (nSPS) is 11.8. The summed E-state index contributed by atoms with van der Waals surface area (Å²) in [4.78, 5) is 22.9. The highest BCUT2D eigenvalue weighted by Crippen LogP contribution is 2.28. The summed E-state index contributed by atoms with van der Waals surface area (Å²) in [5.41, 5.74) is 1.89. The summed E-state index contributed by atoms with van der Waals surface area (Å²) >= 11 is 3.27. The second-order valence-electron chi connectivity index (χ2n) is 5.27. The van der Waals surface area contributed by atoms with Crippen molar-refractivity contribution < 1.29 is 9.72 Å². The van der Waals surface area contributed by atoms with E-state index in [4.69, 9.17) is 0 Å². The molecule has 6 heteroatoms. The van der Waals surface area contributed by atoms with Crippen LogP contribution >= 0.6 is 15.9 Å². The molecule has 2 aromatic carbocycles. The van der Waals surface area contributed by atoms with Gasteiger partial charge >= 0.3 is 0 Å². The minimum atomic E-state index is -0.518. The second kappa shape index (κ2) is 7.37. The van der Waals surface area contributed by atoms with Gasteiger partial charge in [-0.3, -0.25) is 14.9 Å². The average molecular weight is 377 g/mol. The first-order valence-corrected chi connectivity index (χ1v) is 8.07. The fourth-order valence-electron chi connectivity index (χ4n) is 2.25. The number of nitro groups is 1. The largest absolute Gasteiger partial charge is 0.322 e. The van der Waals surface area contributed by atoms with E-state index in [9.17, 15) is 14.9 Å². The number of rotatable bonds is 5. The van der Waals surface area contributed by atoms with Gasteiger partial charge in [0, 0.05) is 22.3 Å². The summed E-state index contributed by atoms with van der Waals surface area (Å²) in [6, 6.07) is 11.7. The molecule has 0 heterocycles. The lowest BCUT2D eigenvalue weighted by atomic mass is 9.97. The van der Waals surface area contributed by atoms with Crippen molar-refractivity contribution in [3.05, 3.63) is 68.2 Å². The first-order chi connectivity index (χ1) is 10.9. The summed E-state index contributed by atoms with van der Waals surface area (Å²) in [6.45, 7) is 4.18. The van der Waals surface area contributed by atoms with Gasteiger partial charge in [0.05, 0.1) is 10.5 Å². The third-order valence-corrected chi connectivity index (χ3v) is 4.45. The van der Waals surface area contributed by atoms with Crippen LogP contribution in [-0.4, -0.2) is 10.8 Å². The molecule has 0 aromatic heterocycles. The van der Waals surface area contributed by atoms with Crippen LogP contribution in [0.5, 0.6) is 0 Å². The van der Waals surface area contributed by atoms with Crippen molar-refractivity contribution in [2.75, 3.05) is 5.32 Å². The Labute approximate surface area is 143 Å². The predicted octanol–water partition coefficient (Wildman–Crippen LogP) is 5.12. The van der Waals surface area contributed by atoms with E-state index in [-0.39, 0.29) is 17.2 Å². The zero-order chi connectivity index (χ0) is 17.0. The number of amides is 1. The van der Waals surface area contributed by atoms with Crippen LogP contribution in [0, 0.1) is 10.1 Å². The monoisotopic (exact) mass is 376 g/mol. The molecule has 0 bridgehead atoms. The molecule has 0 aliphatic heterocycles. The predicted molar refractivity (Wildman–Crippen MR) is 93.9 cm³/mol. The fraction of sp³-hybridized carbons (Fsp3) is 0.235. The maximum absolute atomic E-state index is 12.5. The van der Waals surface area contributed by atoms with Crippen molar-refractivity contribution in [3.8, 4) is 0 Å². The van der Waals surface area contributed by atoms with E-state index in [0.29, 0.717) is 10.4 Å². The van der Waals surface area contributed by atoms with Crippen LogP contribution in [0.1, 0.15) is 42.1 Å². The van der Waals surface area contributed by atoms with E-state index in [1.54, 1.807) is 0 Å². The number of nitrogens with zero attached hydrogens (tertiary/aromatic N) is 1. The highest BCUT2D eigenvalue weighted by atomic mass is 79.9. The van der Waals surface area contributed by atoms with E-state index in [1.807, 2.05) is 24.3 Å². The number of non-ortho nitro benzene ring substituents is 1. The van der Waals surface area contributed by atoms with Crippen molar-refractivity contribution in [2.24, 2.45) is 0 Å². The molecule has 120 valence electrons. The molecule has 2 aromatic rings. The summed E-state index contributed by atoms with van der Waals surface area (Å²) in [7, 11) is 0. The van der Waals surface area contributed by atoms with Gasteiger partial charge < -0.3 is 5.32 Å². The van der Waals surface area contributed by atoms with Crippen molar-refractivity contribution in [1.29, 1.82) is 0 Å². The van der Waals surface area contributed by atoms with Gasteiger partial charge in [0.1, 0.15) is 0 Å². The number of carbonyl (C=O) groups is 1. The number of nitrogens with one attached hydrogen (secondary N) is 1. The van der Waals surface area contributed by atoms with Crippen LogP contribution in [0.25, 0.3) is 0 Å². The molecule has 0 spiro atoms. The lowest BCUT2D eigenvalue weighted by Gasteiger charge is -2.16. The molecule has 0 saturated heterocycles. The Balaban J connectivity index is 2.33. The molecule has 23 heavy (non-hydrogen) atoms. The molecular weight excluding hydrogens is 360 g/mol. The Kier molecular flexibility index (Phi) is 5.50. The van der Waals surface area contributed by atoms with Crippen LogP contribution < -0.4 is 5.32 Å². The van der Waals surface area contributed by atoms with Crippen LogP contribution in [0.2, 0.25) is 0 Å². The van der Waals surface area contributed by atoms with Gasteiger partial charge in [0.15, 0.2) is 0 Å². The third kappa shape index (κ3) is 3.96. The Morgan fingerprint density at radius 2 is 2.00 bits per heavy atom. The lowest BCUT2D eigenvalue weighted by Crippen LogP contribution is -2.14. The summed E-state index contributed by atoms with van der Waals surface area (Å²) in [5, 5.41) is 13.7. The van der Waals surface area contributed by atoms with Gasteiger partial charge in [0.2, 0.25) is 0 Å². The number of carbonyl (C=O) groups excluding carboxylic acids is 1. The SMILES string of the molecule is CC[C@H](C)c1ccccc1NC(=O)c1cc([N+](=O)[O-])ccc1Br. The minimum absolute atomic E-state index is 0.117. The third-order valence-electron chi connectivity index (χ3n) is 3.76. The van der Waals surface area contributed by atoms with Gasteiger partial charge in [-0.15, -0.1) is 0 Å². The Bertz CT molecular complexity index is 746. The fourth-order valence-corrected chi connectivity index (χ4v) is 2.68. The molecule has 0 aliphatic carbocycles. The highest BCUT2D eigenvalue weighted by molar-refractivity contribution is 9.10. The topological polar surface area (TPSA) is 72.2 Å². The Morgan fingerprint density at radius 3 is 2.65 bits per heavy atom. The number of benzene rings is 2. The van der Waals surface area contributed by atoms with Gasteiger partial charge in [-0.05, 0) is 46.0 Å². The number of hydrogen-bond donors (Lipinski definition) is 1. The molecule has 0 aliphatic rings. The number of para-hydroxylation sites is 1. The van der Waals surface area contributed by atoms with E-state index in [2.05, 4.69) is 35.1 Å². The van der Waals surface area contributed by atoms with Crippen molar-refractivity contribution in [2.45, 2.75) is 26.2 Å². The molecule has 0 unspecified atom stereocenters. The summed E-state index contributed by atoms with van der Waals surface area (Å²) in [6.07, 6.45) is 0.952. The quantitative estimate of drug-likeness (QED) is 0.580. The minimum Gasteiger partial charge on any atom is -0.322 e. The molecule has 1 amide bonds. The van der Waals surface area contributed by atoms with Crippen molar-refractivity contribution in [1.82, 2.24) is 0 Å². The maximum Gasteiger partial charge on any atom is 0.270 e. The molecule has 2 rings (SSSR count). The molecule has 0 saturated carbocycles. The molecule has 1 atom stereocenters. The van der Waals surface area contributed by atoms with E-state index in [1.165, 1.54) is 18.2 Å². The Hall–Kier alpha value is -2.21. The molecule has 0 radical (unpaired) electrons. The maximum atomic E-state index is 12.5. The number of hydrogen-bond acceptors (Lipinski definition) is 3. The first-order valence-electron chi connectivity index (χ1n) is 7.28. The average Bonchev–Trinajstić information content (AvgIpc) is 2.54. The van der Waals surface area contributed by atoms with Crippen LogP contribution in [0.3, 0.4) is 0 Å². The van der Waals surface area contributed by atoms with Crippen molar-refractivity contribution in [3.63, 3.8) is 0 Å². The van der Waals surface area contributed by atoms with Gasteiger partial charge in [-0.25, -0.2) is 0 Å². The number of halogens is 1. The first kappa shape index (κ1) is 17.1. The molecule has 5 nitrogen and oxygen atoms in total. The summed E-state index contributed by atoms with van der Waals surface area (Å²) in [5.74, 6) is -0.0728.